The molecule has 0 bridgehead atoms. The molecule has 0 aromatic heterocycles. The molecular weight excluding hydrogens is 252 g/mol. The number of hydrogen-bond acceptors (Lipinski definition) is 3. The van der Waals surface area contributed by atoms with Crippen molar-refractivity contribution in [1.82, 2.24) is 0 Å². The molecule has 112 valence electrons. The number of benzene rings is 1. The summed E-state index contributed by atoms with van der Waals surface area (Å²) in [7, 11) is 0. The summed E-state index contributed by atoms with van der Waals surface area (Å²) in [6, 6.07) is 9.93. The van der Waals surface area contributed by atoms with E-state index < -0.39 is 0 Å². The van der Waals surface area contributed by atoms with Gasteiger partial charge in [0.05, 0.1) is 24.9 Å². The van der Waals surface area contributed by atoms with E-state index in [1.54, 1.807) is 0 Å². The lowest BCUT2D eigenvalue weighted by Crippen LogP contribution is -2.33. The maximum absolute atomic E-state index is 6.01. The monoisotopic (exact) mass is 278 g/mol. The second-order valence-corrected chi connectivity index (χ2v) is 6.69. The van der Waals surface area contributed by atoms with E-state index in [0.717, 1.165) is 25.2 Å². The highest BCUT2D eigenvalue weighted by Crippen LogP contribution is 2.26. The Morgan fingerprint density at radius 3 is 2.35 bits per heavy atom. The van der Waals surface area contributed by atoms with Crippen molar-refractivity contribution in [3.63, 3.8) is 0 Å². The molecule has 2 rings (SSSR count). The molecule has 3 heteroatoms. The molecule has 1 unspecified atom stereocenters. The number of ether oxygens (including phenoxy) is 3. The van der Waals surface area contributed by atoms with E-state index in [2.05, 4.69) is 27.7 Å². The van der Waals surface area contributed by atoms with Crippen LogP contribution in [-0.4, -0.2) is 30.5 Å². The molecule has 20 heavy (non-hydrogen) atoms. The summed E-state index contributed by atoms with van der Waals surface area (Å²) in [5.41, 5.74) is -0.350. The van der Waals surface area contributed by atoms with Crippen molar-refractivity contribution in [1.29, 1.82) is 0 Å². The number of para-hydroxylation sites is 1. The first kappa shape index (κ1) is 15.3. The van der Waals surface area contributed by atoms with Gasteiger partial charge in [0.2, 0.25) is 0 Å². The lowest BCUT2D eigenvalue weighted by Gasteiger charge is -2.30. The number of epoxide rings is 1. The highest BCUT2D eigenvalue weighted by atomic mass is 16.6. The first-order valence-electron chi connectivity index (χ1n) is 7.36. The topological polar surface area (TPSA) is 31.0 Å². The summed E-state index contributed by atoms with van der Waals surface area (Å²) in [5.74, 6) is 0.906. The van der Waals surface area contributed by atoms with Gasteiger partial charge in [-0.3, -0.25) is 0 Å². The lowest BCUT2D eigenvalue weighted by molar-refractivity contribution is -0.0481. The minimum absolute atomic E-state index is 0.121. The van der Waals surface area contributed by atoms with Crippen molar-refractivity contribution >= 4 is 0 Å². The fourth-order valence-corrected chi connectivity index (χ4v) is 2.22. The fraction of sp³-hybridized carbons (Fsp3) is 0.647. The van der Waals surface area contributed by atoms with Crippen LogP contribution in [0.4, 0.5) is 0 Å². The van der Waals surface area contributed by atoms with Gasteiger partial charge in [0.15, 0.2) is 0 Å². The first-order chi connectivity index (χ1) is 9.36. The van der Waals surface area contributed by atoms with E-state index in [1.807, 2.05) is 30.3 Å². The molecule has 0 saturated carbocycles. The number of hydrogen-bond donors (Lipinski definition) is 0. The molecule has 1 aromatic carbocycles. The summed E-state index contributed by atoms with van der Waals surface area (Å²) >= 11 is 0. The Labute approximate surface area is 122 Å². The molecule has 0 radical (unpaired) electrons. The molecule has 1 atom stereocenters. The van der Waals surface area contributed by atoms with Crippen LogP contribution in [0.25, 0.3) is 0 Å². The quantitative estimate of drug-likeness (QED) is 0.677. The Bertz CT molecular complexity index is 408. The molecule has 1 aliphatic heterocycles. The van der Waals surface area contributed by atoms with Crippen molar-refractivity contribution in [2.24, 2.45) is 0 Å². The van der Waals surface area contributed by atoms with Gasteiger partial charge in [-0.1, -0.05) is 18.2 Å². The van der Waals surface area contributed by atoms with Crippen molar-refractivity contribution in [3.05, 3.63) is 30.3 Å². The maximum atomic E-state index is 6.01. The molecular formula is C17H26O3. The van der Waals surface area contributed by atoms with Gasteiger partial charge in [-0.25, -0.2) is 0 Å². The van der Waals surface area contributed by atoms with E-state index in [1.165, 1.54) is 0 Å². The van der Waals surface area contributed by atoms with Crippen LogP contribution in [0, 0.1) is 0 Å². The minimum Gasteiger partial charge on any atom is -0.488 e. The van der Waals surface area contributed by atoms with E-state index in [9.17, 15) is 0 Å². The van der Waals surface area contributed by atoms with Gasteiger partial charge in [-0.2, -0.15) is 0 Å². The Kier molecular flexibility index (Phi) is 4.71. The van der Waals surface area contributed by atoms with Crippen molar-refractivity contribution < 1.29 is 14.2 Å². The van der Waals surface area contributed by atoms with Crippen LogP contribution in [0.1, 0.15) is 40.5 Å². The third-order valence-corrected chi connectivity index (χ3v) is 3.46. The molecule has 1 fully saturated rings. The standard InChI is InChI=1S/C17H26O3/c1-16(2,20-14-8-6-5-7-9-14)10-11-19-17(3,4)12-15-13-18-15/h5-9,15H,10-13H2,1-4H3. The second kappa shape index (κ2) is 6.15. The first-order valence-corrected chi connectivity index (χ1v) is 7.36. The molecule has 1 aliphatic rings. The Morgan fingerprint density at radius 2 is 1.75 bits per heavy atom. The SMILES string of the molecule is CC(C)(CC1CO1)OCCC(C)(C)Oc1ccccc1. The summed E-state index contributed by atoms with van der Waals surface area (Å²) in [6.07, 6.45) is 2.22. The zero-order chi connectivity index (χ0) is 14.6. The highest BCUT2D eigenvalue weighted by Gasteiger charge is 2.32. The maximum Gasteiger partial charge on any atom is 0.120 e. The molecule has 0 aliphatic carbocycles. The van der Waals surface area contributed by atoms with Crippen LogP contribution in [0.15, 0.2) is 30.3 Å². The Morgan fingerprint density at radius 1 is 1.10 bits per heavy atom. The van der Waals surface area contributed by atoms with Crippen LogP contribution < -0.4 is 4.74 Å². The summed E-state index contributed by atoms with van der Waals surface area (Å²) in [5, 5.41) is 0. The van der Waals surface area contributed by atoms with Gasteiger partial charge >= 0.3 is 0 Å². The normalized spacial score (nSPS) is 18.9. The van der Waals surface area contributed by atoms with Crippen LogP contribution in [0.5, 0.6) is 5.75 Å². The predicted octanol–water partition coefficient (Wildman–Crippen LogP) is 3.82. The smallest absolute Gasteiger partial charge is 0.120 e. The average Bonchev–Trinajstić information content (AvgIpc) is 3.12. The Balaban J connectivity index is 1.74. The van der Waals surface area contributed by atoms with E-state index in [0.29, 0.717) is 12.7 Å². The molecule has 1 saturated heterocycles. The fourth-order valence-electron chi connectivity index (χ4n) is 2.22. The zero-order valence-electron chi connectivity index (χ0n) is 13.0. The van der Waals surface area contributed by atoms with E-state index >= 15 is 0 Å². The minimum atomic E-state index is -0.229. The summed E-state index contributed by atoms with van der Waals surface area (Å²) < 4.78 is 17.3. The summed E-state index contributed by atoms with van der Waals surface area (Å²) in [6.45, 7) is 10.0. The van der Waals surface area contributed by atoms with Crippen molar-refractivity contribution in [2.45, 2.75) is 57.8 Å². The second-order valence-electron chi connectivity index (χ2n) is 6.69. The summed E-state index contributed by atoms with van der Waals surface area (Å²) in [4.78, 5) is 0. The average molecular weight is 278 g/mol. The van der Waals surface area contributed by atoms with E-state index in [-0.39, 0.29) is 11.2 Å². The van der Waals surface area contributed by atoms with Gasteiger partial charge in [-0.05, 0) is 39.8 Å². The van der Waals surface area contributed by atoms with Gasteiger partial charge in [-0.15, -0.1) is 0 Å². The van der Waals surface area contributed by atoms with Crippen LogP contribution in [0.3, 0.4) is 0 Å². The van der Waals surface area contributed by atoms with Crippen LogP contribution in [-0.2, 0) is 9.47 Å². The molecule has 1 aromatic rings. The van der Waals surface area contributed by atoms with Gasteiger partial charge in [0.1, 0.15) is 11.4 Å². The van der Waals surface area contributed by atoms with Crippen molar-refractivity contribution in [2.75, 3.05) is 13.2 Å². The molecule has 0 N–H and O–H groups in total. The van der Waals surface area contributed by atoms with Crippen LogP contribution in [0.2, 0.25) is 0 Å². The van der Waals surface area contributed by atoms with E-state index in [4.69, 9.17) is 14.2 Å². The zero-order valence-corrected chi connectivity index (χ0v) is 13.0. The molecule has 0 spiro atoms. The third-order valence-electron chi connectivity index (χ3n) is 3.46. The third kappa shape index (κ3) is 5.51. The van der Waals surface area contributed by atoms with Gasteiger partial charge in [0, 0.05) is 12.8 Å². The molecule has 0 amide bonds. The van der Waals surface area contributed by atoms with Gasteiger partial charge in [0.25, 0.3) is 0 Å². The van der Waals surface area contributed by atoms with Gasteiger partial charge < -0.3 is 14.2 Å². The predicted molar refractivity (Wildman–Crippen MR) is 80.2 cm³/mol. The molecule has 1 heterocycles. The Hall–Kier alpha value is -1.06. The molecule has 3 nitrogen and oxygen atoms in total. The highest BCUT2D eigenvalue weighted by molar-refractivity contribution is 5.21. The van der Waals surface area contributed by atoms with Crippen LogP contribution >= 0.6 is 0 Å². The van der Waals surface area contributed by atoms with Crippen molar-refractivity contribution in [3.8, 4) is 5.75 Å². The lowest BCUT2D eigenvalue weighted by atomic mass is 10.0. The number of rotatable bonds is 8. The largest absolute Gasteiger partial charge is 0.488 e.